The molecule has 0 unspecified atom stereocenters. The highest BCUT2D eigenvalue weighted by molar-refractivity contribution is 7.89. The van der Waals surface area contributed by atoms with Crippen LogP contribution in [0.3, 0.4) is 0 Å². The normalized spacial score (nSPS) is 12.2. The summed E-state index contributed by atoms with van der Waals surface area (Å²) in [6, 6.07) is 6.66. The minimum atomic E-state index is -3.57. The van der Waals surface area contributed by atoms with Crippen LogP contribution in [-0.4, -0.2) is 23.7 Å². The van der Waals surface area contributed by atoms with Gasteiger partial charge in [-0.05, 0) is 37.4 Å². The summed E-state index contributed by atoms with van der Waals surface area (Å²) in [6.07, 6.45) is 1.29. The van der Waals surface area contributed by atoms with Crippen molar-refractivity contribution in [1.82, 2.24) is 9.29 Å². The lowest BCUT2D eigenvalue weighted by atomic mass is 10.4. The molecule has 0 atom stereocenters. The average molecular weight is 331 g/mol. The standard InChI is InChI=1S/C13H15ClN2O2S2/c1-10(2)16(9-11-4-3-7-19-11)20(17,18)12-5-6-13(14)15-8-12/h3-8,10H,9H2,1-2H3. The van der Waals surface area contributed by atoms with E-state index in [1.54, 1.807) is 0 Å². The van der Waals surface area contributed by atoms with Gasteiger partial charge in [-0.25, -0.2) is 13.4 Å². The Balaban J connectivity index is 2.34. The van der Waals surface area contributed by atoms with Crippen LogP contribution in [0.1, 0.15) is 18.7 Å². The molecule has 2 aromatic heterocycles. The van der Waals surface area contributed by atoms with Crippen LogP contribution in [0.15, 0.2) is 40.7 Å². The van der Waals surface area contributed by atoms with Gasteiger partial charge in [0.2, 0.25) is 10.0 Å². The molecule has 0 aromatic carbocycles. The Kier molecular flexibility index (Phi) is 4.80. The third kappa shape index (κ3) is 3.38. The van der Waals surface area contributed by atoms with Gasteiger partial charge < -0.3 is 0 Å². The summed E-state index contributed by atoms with van der Waals surface area (Å²) in [4.78, 5) is 5.01. The Labute approximate surface area is 128 Å². The third-order valence-corrected chi connectivity index (χ3v) is 5.86. The van der Waals surface area contributed by atoms with Crippen molar-refractivity contribution in [2.24, 2.45) is 0 Å². The van der Waals surface area contributed by atoms with Crippen molar-refractivity contribution in [1.29, 1.82) is 0 Å². The Morgan fingerprint density at radius 1 is 1.35 bits per heavy atom. The highest BCUT2D eigenvalue weighted by Crippen LogP contribution is 2.22. The molecular formula is C13H15ClN2O2S2. The van der Waals surface area contributed by atoms with Crippen molar-refractivity contribution in [3.63, 3.8) is 0 Å². The Hall–Kier alpha value is -0.950. The number of aromatic nitrogens is 1. The number of halogens is 1. The van der Waals surface area contributed by atoms with E-state index >= 15 is 0 Å². The molecule has 2 aromatic rings. The number of hydrogen-bond donors (Lipinski definition) is 0. The van der Waals surface area contributed by atoms with Crippen LogP contribution in [-0.2, 0) is 16.6 Å². The van der Waals surface area contributed by atoms with Crippen LogP contribution in [0.2, 0.25) is 5.15 Å². The fraction of sp³-hybridized carbons (Fsp3) is 0.308. The maximum atomic E-state index is 12.7. The lowest BCUT2D eigenvalue weighted by molar-refractivity contribution is 0.350. The van der Waals surface area contributed by atoms with E-state index < -0.39 is 10.0 Å². The predicted octanol–water partition coefficient (Wildman–Crippen LogP) is 3.40. The molecule has 4 nitrogen and oxygen atoms in total. The molecule has 0 fully saturated rings. The summed E-state index contributed by atoms with van der Waals surface area (Å²) in [5, 5.41) is 2.21. The smallest absolute Gasteiger partial charge is 0.243 e. The van der Waals surface area contributed by atoms with Crippen LogP contribution in [0, 0.1) is 0 Å². The van der Waals surface area contributed by atoms with Gasteiger partial charge in [-0.3, -0.25) is 0 Å². The minimum Gasteiger partial charge on any atom is -0.243 e. The summed E-state index contributed by atoms with van der Waals surface area (Å²) in [5.74, 6) is 0. The molecule has 0 saturated heterocycles. The van der Waals surface area contributed by atoms with Crippen molar-refractivity contribution in [2.45, 2.75) is 31.3 Å². The number of rotatable bonds is 5. The van der Waals surface area contributed by atoms with Crippen LogP contribution in [0.5, 0.6) is 0 Å². The van der Waals surface area contributed by atoms with Crippen LogP contribution in [0.25, 0.3) is 0 Å². The number of nitrogens with zero attached hydrogens (tertiary/aromatic N) is 2. The van der Waals surface area contributed by atoms with E-state index in [2.05, 4.69) is 4.98 Å². The van der Waals surface area contributed by atoms with Crippen LogP contribution in [0.4, 0.5) is 0 Å². The Bertz CT molecular complexity index is 652. The van der Waals surface area contributed by atoms with E-state index in [1.807, 2.05) is 31.4 Å². The van der Waals surface area contributed by atoms with Gasteiger partial charge in [-0.15, -0.1) is 11.3 Å². The number of thiophene rings is 1. The molecular weight excluding hydrogens is 316 g/mol. The second-order valence-corrected chi connectivity index (χ2v) is 7.85. The molecule has 2 heterocycles. The zero-order chi connectivity index (χ0) is 14.8. The molecule has 7 heteroatoms. The van der Waals surface area contributed by atoms with Gasteiger partial charge in [0.25, 0.3) is 0 Å². The van der Waals surface area contributed by atoms with E-state index in [4.69, 9.17) is 11.6 Å². The lowest BCUT2D eigenvalue weighted by Crippen LogP contribution is -2.36. The number of hydrogen-bond acceptors (Lipinski definition) is 4. The van der Waals surface area contributed by atoms with Gasteiger partial charge in [-0.1, -0.05) is 17.7 Å². The minimum absolute atomic E-state index is 0.141. The van der Waals surface area contributed by atoms with Crippen molar-refractivity contribution < 1.29 is 8.42 Å². The second kappa shape index (κ2) is 6.22. The average Bonchev–Trinajstić information content (AvgIpc) is 2.89. The maximum absolute atomic E-state index is 12.7. The summed E-state index contributed by atoms with van der Waals surface area (Å²) in [6.45, 7) is 4.07. The van der Waals surface area contributed by atoms with Gasteiger partial charge in [-0.2, -0.15) is 4.31 Å². The molecule has 0 saturated carbocycles. The SMILES string of the molecule is CC(C)N(Cc1cccs1)S(=O)(=O)c1ccc(Cl)nc1. The number of sulfonamides is 1. The molecule has 20 heavy (non-hydrogen) atoms. The molecule has 0 aliphatic carbocycles. The Morgan fingerprint density at radius 3 is 2.60 bits per heavy atom. The maximum Gasteiger partial charge on any atom is 0.245 e. The fourth-order valence-corrected chi connectivity index (χ4v) is 4.21. The van der Waals surface area contributed by atoms with Crippen LogP contribution >= 0.6 is 22.9 Å². The topological polar surface area (TPSA) is 50.3 Å². The van der Waals surface area contributed by atoms with Gasteiger partial charge >= 0.3 is 0 Å². The van der Waals surface area contributed by atoms with Crippen molar-refractivity contribution in [3.8, 4) is 0 Å². The second-order valence-electron chi connectivity index (χ2n) is 4.54. The molecule has 0 amide bonds. The zero-order valence-corrected chi connectivity index (χ0v) is 13.5. The summed E-state index contributed by atoms with van der Waals surface area (Å²) >= 11 is 7.24. The molecule has 0 radical (unpaired) electrons. The largest absolute Gasteiger partial charge is 0.245 e. The quantitative estimate of drug-likeness (QED) is 0.789. The van der Waals surface area contributed by atoms with E-state index in [-0.39, 0.29) is 16.1 Å². The zero-order valence-electron chi connectivity index (χ0n) is 11.2. The van der Waals surface area contributed by atoms with Gasteiger partial charge in [0.1, 0.15) is 10.0 Å². The van der Waals surface area contributed by atoms with Crippen molar-refractivity contribution in [3.05, 3.63) is 45.9 Å². The highest BCUT2D eigenvalue weighted by Gasteiger charge is 2.27. The predicted molar refractivity (Wildman–Crippen MR) is 81.4 cm³/mol. The third-order valence-electron chi connectivity index (χ3n) is 2.77. The van der Waals surface area contributed by atoms with Gasteiger partial charge in [0, 0.05) is 23.7 Å². The molecule has 0 bridgehead atoms. The summed E-state index contributed by atoms with van der Waals surface area (Å²) in [5.41, 5.74) is 0. The van der Waals surface area contributed by atoms with Crippen LogP contribution < -0.4 is 0 Å². The first-order valence-electron chi connectivity index (χ1n) is 6.07. The van der Waals surface area contributed by atoms with Crippen molar-refractivity contribution in [2.75, 3.05) is 0 Å². The highest BCUT2D eigenvalue weighted by atomic mass is 35.5. The fourth-order valence-electron chi connectivity index (χ4n) is 1.75. The summed E-state index contributed by atoms with van der Waals surface area (Å²) in [7, 11) is -3.57. The first-order valence-corrected chi connectivity index (χ1v) is 8.77. The monoisotopic (exact) mass is 330 g/mol. The first kappa shape index (κ1) is 15.4. The van der Waals surface area contributed by atoms with Gasteiger partial charge in [0.15, 0.2) is 0 Å². The molecule has 0 spiro atoms. The molecule has 0 N–H and O–H groups in total. The van der Waals surface area contributed by atoms with Gasteiger partial charge in [0.05, 0.1) is 0 Å². The molecule has 0 aliphatic rings. The van der Waals surface area contributed by atoms with Crippen molar-refractivity contribution >= 4 is 33.0 Å². The van der Waals surface area contributed by atoms with E-state index in [1.165, 1.54) is 34.0 Å². The molecule has 2 rings (SSSR count). The lowest BCUT2D eigenvalue weighted by Gasteiger charge is -2.25. The summed E-state index contributed by atoms with van der Waals surface area (Å²) < 4.78 is 26.8. The van der Waals surface area contributed by atoms with E-state index in [9.17, 15) is 8.42 Å². The van der Waals surface area contributed by atoms with E-state index in [0.717, 1.165) is 4.88 Å². The van der Waals surface area contributed by atoms with E-state index in [0.29, 0.717) is 6.54 Å². The Morgan fingerprint density at radius 2 is 2.10 bits per heavy atom. The number of pyridine rings is 1. The molecule has 0 aliphatic heterocycles. The first-order chi connectivity index (χ1) is 9.41. The molecule has 108 valence electrons.